The van der Waals surface area contributed by atoms with Crippen LogP contribution < -0.4 is 0 Å². The van der Waals surface area contributed by atoms with Crippen LogP contribution in [0.4, 0.5) is 0 Å². The molecular formula is C18H25N3O2S. The Morgan fingerprint density at radius 3 is 2.29 bits per heavy atom. The molecule has 130 valence electrons. The fraction of sp³-hybridized carbons (Fsp3) is 0.500. The Labute approximate surface area is 144 Å². The molecule has 0 bridgehead atoms. The van der Waals surface area contributed by atoms with Gasteiger partial charge in [0.1, 0.15) is 4.90 Å². The molecule has 2 aromatic rings. The molecule has 1 aliphatic heterocycles. The first-order chi connectivity index (χ1) is 11.4. The van der Waals surface area contributed by atoms with E-state index < -0.39 is 10.0 Å². The lowest BCUT2D eigenvalue weighted by molar-refractivity contribution is 0.272. The summed E-state index contributed by atoms with van der Waals surface area (Å²) in [4.78, 5) is 0.381. The van der Waals surface area contributed by atoms with Crippen molar-refractivity contribution in [1.82, 2.24) is 14.1 Å². The summed E-state index contributed by atoms with van der Waals surface area (Å²) < 4.78 is 29.2. The number of benzene rings is 1. The first-order valence-electron chi connectivity index (χ1n) is 8.44. The third kappa shape index (κ3) is 3.26. The van der Waals surface area contributed by atoms with Gasteiger partial charge in [0.2, 0.25) is 10.0 Å². The van der Waals surface area contributed by atoms with Gasteiger partial charge in [-0.1, -0.05) is 30.3 Å². The Bertz CT molecular complexity index is 804. The van der Waals surface area contributed by atoms with E-state index >= 15 is 0 Å². The summed E-state index contributed by atoms with van der Waals surface area (Å²) in [7, 11) is -1.66. The van der Waals surface area contributed by atoms with Crippen molar-refractivity contribution >= 4 is 10.0 Å². The number of rotatable bonds is 4. The first-order valence-corrected chi connectivity index (χ1v) is 9.88. The Kier molecular flexibility index (Phi) is 4.78. The highest BCUT2D eigenvalue weighted by molar-refractivity contribution is 7.89. The smallest absolute Gasteiger partial charge is 0.246 e. The number of hydrogen-bond acceptors (Lipinski definition) is 3. The summed E-state index contributed by atoms with van der Waals surface area (Å²) in [5, 5.41) is 4.25. The second-order valence-corrected chi connectivity index (χ2v) is 8.54. The Morgan fingerprint density at radius 1 is 1.12 bits per heavy atom. The quantitative estimate of drug-likeness (QED) is 0.854. The van der Waals surface area contributed by atoms with Crippen molar-refractivity contribution in [2.45, 2.75) is 38.0 Å². The van der Waals surface area contributed by atoms with Crippen LogP contribution in [0.3, 0.4) is 0 Å². The minimum atomic E-state index is -3.45. The highest BCUT2D eigenvalue weighted by Crippen LogP contribution is 2.28. The van der Waals surface area contributed by atoms with Gasteiger partial charge in [-0.15, -0.1) is 0 Å². The monoisotopic (exact) mass is 347 g/mol. The maximum absolute atomic E-state index is 13.0. The molecule has 3 rings (SSSR count). The predicted molar refractivity (Wildman–Crippen MR) is 94.3 cm³/mol. The van der Waals surface area contributed by atoms with Crippen molar-refractivity contribution in [3.8, 4) is 0 Å². The number of aryl methyl sites for hydroxylation is 2. The van der Waals surface area contributed by atoms with Gasteiger partial charge in [0, 0.05) is 20.1 Å². The largest absolute Gasteiger partial charge is 0.271 e. The molecule has 1 aromatic heterocycles. The standard InChI is InChI=1S/C18H25N3O2S/c1-14-18(15(2)20(3)19-14)24(22,23)21-11-9-17(10-12-21)13-16-7-5-4-6-8-16/h4-8,17H,9-13H2,1-3H3. The van der Waals surface area contributed by atoms with E-state index in [1.54, 1.807) is 23.0 Å². The van der Waals surface area contributed by atoms with E-state index in [4.69, 9.17) is 0 Å². The van der Waals surface area contributed by atoms with Crippen molar-refractivity contribution in [2.75, 3.05) is 13.1 Å². The summed E-state index contributed by atoms with van der Waals surface area (Å²) in [6, 6.07) is 10.4. The zero-order chi connectivity index (χ0) is 17.3. The van der Waals surface area contributed by atoms with Gasteiger partial charge in [0.25, 0.3) is 0 Å². The van der Waals surface area contributed by atoms with E-state index in [1.807, 2.05) is 13.0 Å². The third-order valence-corrected chi connectivity index (χ3v) is 7.13. The molecule has 0 spiro atoms. The van der Waals surface area contributed by atoms with Crippen molar-refractivity contribution in [1.29, 1.82) is 0 Å². The summed E-state index contributed by atoms with van der Waals surface area (Å²) in [5.41, 5.74) is 2.62. The molecule has 5 nitrogen and oxygen atoms in total. The number of sulfonamides is 1. The zero-order valence-electron chi connectivity index (χ0n) is 14.6. The van der Waals surface area contributed by atoms with Crippen LogP contribution in [0, 0.1) is 19.8 Å². The Morgan fingerprint density at radius 2 is 1.75 bits per heavy atom. The number of aromatic nitrogens is 2. The van der Waals surface area contributed by atoms with Crippen LogP contribution in [-0.2, 0) is 23.5 Å². The summed E-state index contributed by atoms with van der Waals surface area (Å²) >= 11 is 0. The molecule has 0 saturated carbocycles. The second-order valence-electron chi connectivity index (χ2n) is 6.66. The van der Waals surface area contributed by atoms with Crippen LogP contribution in [0.15, 0.2) is 35.2 Å². The predicted octanol–water partition coefficient (Wildman–Crippen LogP) is 2.68. The SMILES string of the molecule is Cc1nn(C)c(C)c1S(=O)(=O)N1CCC(Cc2ccccc2)CC1. The molecule has 2 heterocycles. The van der Waals surface area contributed by atoms with Gasteiger partial charge in [0.05, 0.1) is 11.4 Å². The van der Waals surface area contributed by atoms with Crippen LogP contribution in [0.5, 0.6) is 0 Å². The van der Waals surface area contributed by atoms with E-state index in [-0.39, 0.29) is 0 Å². The molecule has 0 radical (unpaired) electrons. The molecule has 1 fully saturated rings. The molecular weight excluding hydrogens is 322 g/mol. The van der Waals surface area contributed by atoms with Gasteiger partial charge in [-0.2, -0.15) is 9.40 Å². The van der Waals surface area contributed by atoms with Gasteiger partial charge in [-0.25, -0.2) is 8.42 Å². The summed E-state index contributed by atoms with van der Waals surface area (Å²) in [5.74, 6) is 0.551. The molecule has 1 saturated heterocycles. The average molecular weight is 347 g/mol. The van der Waals surface area contributed by atoms with Gasteiger partial charge in [-0.3, -0.25) is 4.68 Å². The maximum atomic E-state index is 13.0. The van der Waals surface area contributed by atoms with E-state index in [2.05, 4.69) is 29.4 Å². The molecule has 1 aromatic carbocycles. The van der Waals surface area contributed by atoms with E-state index in [0.29, 0.717) is 35.3 Å². The van der Waals surface area contributed by atoms with E-state index in [1.165, 1.54) is 5.56 Å². The zero-order valence-corrected chi connectivity index (χ0v) is 15.4. The number of nitrogens with zero attached hydrogens (tertiary/aromatic N) is 3. The van der Waals surface area contributed by atoms with Crippen molar-refractivity contribution in [3.63, 3.8) is 0 Å². The highest BCUT2D eigenvalue weighted by atomic mass is 32.2. The minimum Gasteiger partial charge on any atom is -0.271 e. The van der Waals surface area contributed by atoms with Crippen LogP contribution in [-0.4, -0.2) is 35.6 Å². The first kappa shape index (κ1) is 17.2. The normalized spacial score (nSPS) is 17.3. The highest BCUT2D eigenvalue weighted by Gasteiger charge is 2.33. The second kappa shape index (κ2) is 6.69. The van der Waals surface area contributed by atoms with Gasteiger partial charge in [0.15, 0.2) is 0 Å². The fourth-order valence-corrected chi connectivity index (χ4v) is 5.43. The van der Waals surface area contributed by atoms with Gasteiger partial charge < -0.3 is 0 Å². The number of hydrogen-bond donors (Lipinski definition) is 0. The van der Waals surface area contributed by atoms with Crippen molar-refractivity contribution < 1.29 is 8.42 Å². The molecule has 0 N–H and O–H groups in total. The van der Waals surface area contributed by atoms with Crippen molar-refractivity contribution in [3.05, 3.63) is 47.3 Å². The Balaban J connectivity index is 1.70. The molecule has 24 heavy (non-hydrogen) atoms. The van der Waals surface area contributed by atoms with Crippen LogP contribution in [0.25, 0.3) is 0 Å². The third-order valence-electron chi connectivity index (χ3n) is 4.98. The molecule has 0 amide bonds. The lowest BCUT2D eigenvalue weighted by Gasteiger charge is -2.31. The lowest BCUT2D eigenvalue weighted by atomic mass is 9.91. The fourth-order valence-electron chi connectivity index (χ4n) is 3.56. The molecule has 0 atom stereocenters. The van der Waals surface area contributed by atoms with Crippen LogP contribution in [0.1, 0.15) is 29.8 Å². The summed E-state index contributed by atoms with van der Waals surface area (Å²) in [6.07, 6.45) is 2.85. The van der Waals surface area contributed by atoms with Gasteiger partial charge >= 0.3 is 0 Å². The molecule has 0 aliphatic carbocycles. The topological polar surface area (TPSA) is 55.2 Å². The van der Waals surface area contributed by atoms with Crippen molar-refractivity contribution in [2.24, 2.45) is 13.0 Å². The number of piperidine rings is 1. The maximum Gasteiger partial charge on any atom is 0.246 e. The van der Waals surface area contributed by atoms with E-state index in [0.717, 1.165) is 19.3 Å². The Hall–Kier alpha value is -1.66. The molecule has 0 unspecified atom stereocenters. The molecule has 6 heteroatoms. The minimum absolute atomic E-state index is 0.381. The molecule has 1 aliphatic rings. The van der Waals surface area contributed by atoms with Crippen LogP contribution in [0.2, 0.25) is 0 Å². The summed E-state index contributed by atoms with van der Waals surface area (Å²) in [6.45, 7) is 4.76. The van der Waals surface area contributed by atoms with E-state index in [9.17, 15) is 8.42 Å². The van der Waals surface area contributed by atoms with Gasteiger partial charge in [-0.05, 0) is 44.6 Å². The lowest BCUT2D eigenvalue weighted by Crippen LogP contribution is -2.39. The average Bonchev–Trinajstić information content (AvgIpc) is 2.82. The van der Waals surface area contributed by atoms with Crippen LogP contribution >= 0.6 is 0 Å².